The van der Waals surface area contributed by atoms with Crippen molar-refractivity contribution in [2.75, 3.05) is 0 Å². The van der Waals surface area contributed by atoms with Crippen molar-refractivity contribution in [3.05, 3.63) is 57.1 Å². The fourth-order valence-corrected chi connectivity index (χ4v) is 3.14. The van der Waals surface area contributed by atoms with E-state index in [9.17, 15) is 15.2 Å². The zero-order valence-corrected chi connectivity index (χ0v) is 19.1. The standard InChI is InChI=1S/C24H33N3O3/c1-8-9-10-16-11-12-19(21(13-16)27(29)30)25-26-20-15-17(23(2,3)4)14-18(22(20)28)24(5,6)7/h11-15,28H,8-10H2,1-7H3. The van der Waals surface area contributed by atoms with Crippen LogP contribution in [0.15, 0.2) is 40.6 Å². The van der Waals surface area contributed by atoms with Crippen molar-refractivity contribution >= 4 is 17.1 Å². The van der Waals surface area contributed by atoms with E-state index in [2.05, 4.69) is 37.9 Å². The molecule has 0 bridgehead atoms. The Morgan fingerprint density at radius 2 is 1.60 bits per heavy atom. The Morgan fingerprint density at radius 3 is 2.13 bits per heavy atom. The van der Waals surface area contributed by atoms with E-state index in [1.165, 1.54) is 0 Å². The van der Waals surface area contributed by atoms with Gasteiger partial charge in [-0.15, -0.1) is 10.2 Å². The number of hydrogen-bond acceptors (Lipinski definition) is 5. The maximum Gasteiger partial charge on any atom is 0.296 e. The summed E-state index contributed by atoms with van der Waals surface area (Å²) >= 11 is 0. The number of phenols is 1. The van der Waals surface area contributed by atoms with Crippen LogP contribution in [0.2, 0.25) is 0 Å². The molecule has 6 nitrogen and oxygen atoms in total. The lowest BCUT2D eigenvalue weighted by Gasteiger charge is -2.26. The van der Waals surface area contributed by atoms with Crippen LogP contribution < -0.4 is 0 Å². The summed E-state index contributed by atoms with van der Waals surface area (Å²) in [6.45, 7) is 14.4. The lowest BCUT2D eigenvalue weighted by molar-refractivity contribution is -0.384. The monoisotopic (exact) mass is 411 g/mol. The van der Waals surface area contributed by atoms with E-state index in [-0.39, 0.29) is 28.0 Å². The van der Waals surface area contributed by atoms with Crippen molar-refractivity contribution in [1.29, 1.82) is 0 Å². The van der Waals surface area contributed by atoms with Crippen LogP contribution in [0.25, 0.3) is 0 Å². The minimum Gasteiger partial charge on any atom is -0.505 e. The summed E-state index contributed by atoms with van der Waals surface area (Å²) in [6.07, 6.45) is 2.79. The normalized spacial score (nSPS) is 12.5. The number of phenolic OH excluding ortho intramolecular Hbond substituents is 1. The zero-order valence-electron chi connectivity index (χ0n) is 19.1. The second-order valence-corrected chi connectivity index (χ2v) is 9.78. The number of nitro benzene ring substituents is 1. The molecule has 2 aromatic rings. The van der Waals surface area contributed by atoms with Gasteiger partial charge in [-0.1, -0.05) is 67.0 Å². The Morgan fingerprint density at radius 1 is 0.967 bits per heavy atom. The molecule has 0 amide bonds. The van der Waals surface area contributed by atoms with E-state index < -0.39 is 4.92 Å². The van der Waals surface area contributed by atoms with Crippen LogP contribution in [0, 0.1) is 10.1 Å². The Balaban J connectivity index is 2.55. The summed E-state index contributed by atoms with van der Waals surface area (Å²) in [6, 6.07) is 8.84. The van der Waals surface area contributed by atoms with Gasteiger partial charge in [0.25, 0.3) is 5.69 Å². The van der Waals surface area contributed by atoms with Gasteiger partial charge in [0.2, 0.25) is 0 Å². The van der Waals surface area contributed by atoms with Gasteiger partial charge in [0, 0.05) is 11.6 Å². The van der Waals surface area contributed by atoms with E-state index in [0.29, 0.717) is 5.69 Å². The molecular weight excluding hydrogens is 378 g/mol. The van der Waals surface area contributed by atoms with Crippen molar-refractivity contribution < 1.29 is 10.0 Å². The highest BCUT2D eigenvalue weighted by Crippen LogP contribution is 2.42. The summed E-state index contributed by atoms with van der Waals surface area (Å²) < 4.78 is 0. The maximum atomic E-state index is 11.6. The molecule has 0 saturated carbocycles. The third-order valence-electron chi connectivity index (χ3n) is 5.08. The van der Waals surface area contributed by atoms with Gasteiger partial charge in [-0.05, 0) is 46.9 Å². The summed E-state index contributed by atoms with van der Waals surface area (Å²) in [5, 5.41) is 30.8. The molecule has 0 atom stereocenters. The lowest BCUT2D eigenvalue weighted by atomic mass is 9.80. The van der Waals surface area contributed by atoms with Gasteiger partial charge in [0.15, 0.2) is 5.69 Å². The number of benzene rings is 2. The first-order valence-corrected chi connectivity index (χ1v) is 10.4. The summed E-state index contributed by atoms with van der Waals surface area (Å²) in [5.41, 5.74) is 2.68. The van der Waals surface area contributed by atoms with Gasteiger partial charge in [-0.25, -0.2) is 0 Å². The Kier molecular flexibility index (Phi) is 7.01. The second-order valence-electron chi connectivity index (χ2n) is 9.78. The molecule has 162 valence electrons. The quantitative estimate of drug-likeness (QED) is 0.301. The molecule has 0 aliphatic heterocycles. The smallest absolute Gasteiger partial charge is 0.296 e. The molecule has 0 aliphatic carbocycles. The first-order valence-electron chi connectivity index (χ1n) is 10.4. The van der Waals surface area contributed by atoms with Crippen LogP contribution in [0.3, 0.4) is 0 Å². The zero-order chi connectivity index (χ0) is 22.7. The highest BCUT2D eigenvalue weighted by molar-refractivity contribution is 5.62. The van der Waals surface area contributed by atoms with Crippen LogP contribution in [-0.4, -0.2) is 10.0 Å². The predicted molar refractivity (Wildman–Crippen MR) is 121 cm³/mol. The minimum atomic E-state index is -0.435. The van der Waals surface area contributed by atoms with Crippen LogP contribution >= 0.6 is 0 Å². The molecular formula is C24H33N3O3. The summed E-state index contributed by atoms with van der Waals surface area (Å²) in [7, 11) is 0. The topological polar surface area (TPSA) is 88.1 Å². The molecule has 0 radical (unpaired) electrons. The van der Waals surface area contributed by atoms with Crippen molar-refractivity contribution in [2.24, 2.45) is 10.2 Å². The van der Waals surface area contributed by atoms with Crippen molar-refractivity contribution in [1.82, 2.24) is 0 Å². The number of rotatable bonds is 6. The van der Waals surface area contributed by atoms with Crippen LogP contribution in [-0.2, 0) is 17.3 Å². The van der Waals surface area contributed by atoms with Gasteiger partial charge < -0.3 is 5.11 Å². The average molecular weight is 412 g/mol. The third kappa shape index (κ3) is 5.65. The number of aryl methyl sites for hydroxylation is 1. The average Bonchev–Trinajstić information content (AvgIpc) is 2.63. The molecule has 2 rings (SSSR count). The Labute approximate surface area is 179 Å². The second kappa shape index (κ2) is 8.94. The number of azo groups is 1. The van der Waals surface area contributed by atoms with Crippen molar-refractivity contribution in [3.8, 4) is 5.75 Å². The number of nitro groups is 1. The van der Waals surface area contributed by atoms with Gasteiger partial charge >= 0.3 is 0 Å². The van der Waals surface area contributed by atoms with E-state index in [1.807, 2.05) is 32.9 Å². The molecule has 0 unspecified atom stereocenters. The van der Waals surface area contributed by atoms with E-state index in [0.717, 1.165) is 36.0 Å². The van der Waals surface area contributed by atoms with E-state index in [4.69, 9.17) is 0 Å². The molecule has 1 N–H and O–H groups in total. The number of hydrogen-bond donors (Lipinski definition) is 1. The maximum absolute atomic E-state index is 11.6. The van der Waals surface area contributed by atoms with E-state index in [1.54, 1.807) is 18.2 Å². The minimum absolute atomic E-state index is 0.0569. The highest BCUT2D eigenvalue weighted by Gasteiger charge is 2.25. The van der Waals surface area contributed by atoms with Crippen LogP contribution in [0.4, 0.5) is 17.1 Å². The van der Waals surface area contributed by atoms with Gasteiger partial charge in [0.1, 0.15) is 11.4 Å². The fraction of sp³-hybridized carbons (Fsp3) is 0.500. The summed E-state index contributed by atoms with van der Waals surface area (Å²) in [4.78, 5) is 11.1. The first kappa shape index (κ1) is 23.5. The Bertz CT molecular complexity index is 951. The number of nitrogens with zero attached hydrogens (tertiary/aromatic N) is 3. The number of unbranched alkanes of at least 4 members (excludes halogenated alkanes) is 1. The largest absolute Gasteiger partial charge is 0.505 e. The van der Waals surface area contributed by atoms with E-state index >= 15 is 0 Å². The molecule has 0 heterocycles. The van der Waals surface area contributed by atoms with Crippen molar-refractivity contribution in [2.45, 2.75) is 78.6 Å². The molecule has 0 fully saturated rings. The van der Waals surface area contributed by atoms with Crippen molar-refractivity contribution in [3.63, 3.8) is 0 Å². The fourth-order valence-electron chi connectivity index (χ4n) is 3.14. The molecule has 0 spiro atoms. The molecule has 30 heavy (non-hydrogen) atoms. The molecule has 2 aromatic carbocycles. The lowest BCUT2D eigenvalue weighted by Crippen LogP contribution is -2.16. The molecule has 0 aliphatic rings. The number of aromatic hydroxyl groups is 1. The van der Waals surface area contributed by atoms with Gasteiger partial charge in [-0.2, -0.15) is 0 Å². The first-order chi connectivity index (χ1) is 13.8. The van der Waals surface area contributed by atoms with Crippen LogP contribution in [0.1, 0.15) is 78.0 Å². The van der Waals surface area contributed by atoms with Gasteiger partial charge in [0.05, 0.1) is 4.92 Å². The summed E-state index contributed by atoms with van der Waals surface area (Å²) in [5.74, 6) is 0.0569. The Hall–Kier alpha value is -2.76. The molecule has 6 heteroatoms. The predicted octanol–water partition coefficient (Wildman–Crippen LogP) is 7.65. The van der Waals surface area contributed by atoms with Gasteiger partial charge in [-0.3, -0.25) is 10.1 Å². The molecule has 0 saturated heterocycles. The SMILES string of the molecule is CCCCc1ccc(N=Nc2cc(C(C)(C)C)cc(C(C)(C)C)c2O)c([N+](=O)[O-])c1. The third-order valence-corrected chi connectivity index (χ3v) is 5.08. The highest BCUT2D eigenvalue weighted by atomic mass is 16.6. The van der Waals surface area contributed by atoms with Crippen LogP contribution in [0.5, 0.6) is 5.75 Å². The molecule has 0 aromatic heterocycles.